The summed E-state index contributed by atoms with van der Waals surface area (Å²) in [6, 6.07) is 8.93. The van der Waals surface area contributed by atoms with E-state index in [9.17, 15) is 10.2 Å². The molecule has 0 aromatic heterocycles. The van der Waals surface area contributed by atoms with Crippen molar-refractivity contribution in [2.24, 2.45) is 22.7 Å². The second-order valence-corrected chi connectivity index (χ2v) is 15.5. The fraction of sp³-hybridized carbons (Fsp3) is 0.758. The first kappa shape index (κ1) is 28.1. The smallest absolute Gasteiger partial charge is 0.171 e. The first-order valence-electron chi connectivity index (χ1n) is 15.4. The van der Waals surface area contributed by atoms with Gasteiger partial charge in [0.05, 0.1) is 29.7 Å². The van der Waals surface area contributed by atoms with E-state index in [2.05, 4.69) is 69.9 Å². The molecule has 3 saturated carbocycles. The van der Waals surface area contributed by atoms with Crippen molar-refractivity contribution >= 4 is 17.4 Å². The van der Waals surface area contributed by atoms with Crippen LogP contribution in [0.15, 0.2) is 40.8 Å². The normalized spacial score (nSPS) is 40.4. The number of hydrogen-bond donors (Lipinski definition) is 2. The van der Waals surface area contributed by atoms with Gasteiger partial charge in [0.15, 0.2) is 5.79 Å². The third-order valence-corrected chi connectivity index (χ3v) is 12.9. The minimum atomic E-state index is -0.921. The molecule has 6 heteroatoms. The molecular weight excluding hydrogens is 506 g/mol. The van der Waals surface area contributed by atoms with Crippen molar-refractivity contribution in [2.75, 3.05) is 31.2 Å². The molecule has 0 amide bonds. The number of hydrogen-bond acceptors (Lipinski definition) is 6. The molecule has 1 aromatic rings. The number of nitrogens with zero attached hydrogens (tertiary/aromatic N) is 1. The molecule has 6 rings (SSSR count). The van der Waals surface area contributed by atoms with E-state index in [-0.39, 0.29) is 16.9 Å². The number of allylic oxidation sites excluding steroid dienone is 1. The van der Waals surface area contributed by atoms with Gasteiger partial charge in [0.2, 0.25) is 0 Å². The van der Waals surface area contributed by atoms with Crippen molar-refractivity contribution < 1.29 is 19.7 Å². The Labute approximate surface area is 239 Å². The molecule has 6 atom stereocenters. The molecule has 1 saturated heterocycles. The van der Waals surface area contributed by atoms with Crippen LogP contribution in [0.3, 0.4) is 0 Å². The second-order valence-electron chi connectivity index (χ2n) is 14.2. The summed E-state index contributed by atoms with van der Waals surface area (Å²) in [4.78, 5) is 3.62. The van der Waals surface area contributed by atoms with Crippen LogP contribution in [-0.2, 0) is 9.47 Å². The molecule has 4 aliphatic carbocycles. The summed E-state index contributed by atoms with van der Waals surface area (Å²) in [5.41, 5.74) is 1.72. The third kappa shape index (κ3) is 4.43. The Morgan fingerprint density at radius 2 is 1.74 bits per heavy atom. The summed E-state index contributed by atoms with van der Waals surface area (Å²) in [5, 5.41) is 23.8. The van der Waals surface area contributed by atoms with Gasteiger partial charge in [-0.05, 0) is 82.4 Å². The van der Waals surface area contributed by atoms with E-state index in [0.29, 0.717) is 31.5 Å². The van der Waals surface area contributed by atoms with Crippen LogP contribution < -0.4 is 4.90 Å². The van der Waals surface area contributed by atoms with Crippen LogP contribution in [0.25, 0.3) is 0 Å². The summed E-state index contributed by atoms with van der Waals surface area (Å²) in [6.07, 6.45) is 8.97. The Balaban J connectivity index is 1.40. The van der Waals surface area contributed by atoms with Crippen LogP contribution in [0.2, 0.25) is 0 Å². The largest absolute Gasteiger partial charge is 0.393 e. The Kier molecular flexibility index (Phi) is 7.03. The molecule has 1 spiro atoms. The lowest BCUT2D eigenvalue weighted by Gasteiger charge is -2.63. The molecule has 2 N–H and O–H groups in total. The van der Waals surface area contributed by atoms with Gasteiger partial charge in [0.25, 0.3) is 0 Å². The zero-order valence-corrected chi connectivity index (χ0v) is 25.5. The van der Waals surface area contributed by atoms with Gasteiger partial charge in [-0.2, -0.15) is 0 Å². The minimum absolute atomic E-state index is 0.000648. The number of aliphatic hydroxyl groups excluding tert-OH is 1. The number of fused-ring (bicyclic) bond motifs is 5. The van der Waals surface area contributed by atoms with Crippen molar-refractivity contribution in [3.8, 4) is 0 Å². The standard InChI is InChI=1S/C33H49NO4S/c1-6-34(7-2)23-9-8-10-24(19-23)39-33-18-17-32(37-21-29(3,4)22-38-32)20-31(33,36)16-13-25-26-11-12-28(35)30(26,5)15-14-27(25)33/h8-10,14,19,25-26,28,35-36H,6-7,11-13,15-18,20-22H2,1-5H3/t25-,26-,28-,30-,31+,33-/m0/s1. The lowest BCUT2D eigenvalue weighted by molar-refractivity contribution is -0.331. The van der Waals surface area contributed by atoms with Gasteiger partial charge in [0.1, 0.15) is 0 Å². The number of benzene rings is 1. The Hall–Kier alpha value is -1.05. The number of thioether (sulfide) groups is 1. The maximum atomic E-state index is 12.8. The molecule has 0 unspecified atom stereocenters. The summed E-state index contributed by atoms with van der Waals surface area (Å²) < 4.78 is 12.6. The molecule has 216 valence electrons. The molecule has 0 radical (unpaired) electrons. The van der Waals surface area contributed by atoms with Crippen molar-refractivity contribution in [3.05, 3.63) is 35.9 Å². The van der Waals surface area contributed by atoms with Crippen molar-refractivity contribution in [3.63, 3.8) is 0 Å². The van der Waals surface area contributed by atoms with Gasteiger partial charge in [0, 0.05) is 47.3 Å². The highest BCUT2D eigenvalue weighted by Gasteiger charge is 2.67. The van der Waals surface area contributed by atoms with E-state index in [1.165, 1.54) is 16.2 Å². The predicted molar refractivity (Wildman–Crippen MR) is 158 cm³/mol. The van der Waals surface area contributed by atoms with Gasteiger partial charge < -0.3 is 24.6 Å². The van der Waals surface area contributed by atoms with E-state index in [4.69, 9.17) is 9.47 Å². The summed E-state index contributed by atoms with van der Waals surface area (Å²) in [5.74, 6) is 0.202. The maximum absolute atomic E-state index is 12.8. The van der Waals surface area contributed by atoms with Crippen molar-refractivity contribution in [1.29, 1.82) is 0 Å². The van der Waals surface area contributed by atoms with Gasteiger partial charge >= 0.3 is 0 Å². The van der Waals surface area contributed by atoms with Gasteiger partial charge in [-0.1, -0.05) is 38.5 Å². The molecule has 1 aromatic carbocycles. The predicted octanol–water partition coefficient (Wildman–Crippen LogP) is 6.57. The zero-order chi connectivity index (χ0) is 27.7. The van der Waals surface area contributed by atoms with Crippen molar-refractivity contribution in [2.45, 2.75) is 113 Å². The Morgan fingerprint density at radius 1 is 1.00 bits per heavy atom. The summed E-state index contributed by atoms with van der Waals surface area (Å²) in [6.45, 7) is 14.4. The number of ether oxygens (including phenoxy) is 2. The minimum Gasteiger partial charge on any atom is -0.393 e. The van der Waals surface area contributed by atoms with Crippen LogP contribution in [0, 0.1) is 22.7 Å². The molecule has 0 bridgehead atoms. The summed E-state index contributed by atoms with van der Waals surface area (Å²) >= 11 is 1.90. The van der Waals surface area contributed by atoms with Crippen LogP contribution >= 0.6 is 11.8 Å². The molecule has 4 fully saturated rings. The van der Waals surface area contributed by atoms with E-state index in [0.717, 1.165) is 58.0 Å². The number of rotatable bonds is 5. The van der Waals surface area contributed by atoms with E-state index in [1.807, 2.05) is 11.8 Å². The summed E-state index contributed by atoms with van der Waals surface area (Å²) in [7, 11) is 0. The molecular formula is C33H49NO4S. The zero-order valence-electron chi connectivity index (χ0n) is 24.7. The highest BCUT2D eigenvalue weighted by Crippen LogP contribution is 2.68. The molecule has 5 aliphatic rings. The van der Waals surface area contributed by atoms with Gasteiger partial charge in [-0.15, -0.1) is 11.8 Å². The molecule has 5 nitrogen and oxygen atoms in total. The van der Waals surface area contributed by atoms with E-state index < -0.39 is 16.1 Å². The number of anilines is 1. The lowest BCUT2D eigenvalue weighted by atomic mass is 9.52. The van der Waals surface area contributed by atoms with Crippen LogP contribution in [-0.4, -0.2) is 58.8 Å². The molecule has 1 heterocycles. The fourth-order valence-corrected chi connectivity index (χ4v) is 10.5. The molecule has 39 heavy (non-hydrogen) atoms. The topological polar surface area (TPSA) is 62.2 Å². The first-order valence-corrected chi connectivity index (χ1v) is 16.2. The highest BCUT2D eigenvalue weighted by atomic mass is 32.2. The van der Waals surface area contributed by atoms with E-state index >= 15 is 0 Å². The van der Waals surface area contributed by atoms with E-state index in [1.54, 1.807) is 0 Å². The van der Waals surface area contributed by atoms with Crippen LogP contribution in [0.4, 0.5) is 5.69 Å². The Bertz CT molecular complexity index is 1110. The SMILES string of the molecule is CCN(CC)c1cccc(S[C@]23CCC4(C[C@]2(O)CC[C@@H]2C3=CC[C@]3(C)[C@@H](O)CC[C@@H]23)OCC(C)(C)CO4)c1. The monoisotopic (exact) mass is 555 g/mol. The average molecular weight is 556 g/mol. The third-order valence-electron chi connectivity index (χ3n) is 11.2. The maximum Gasteiger partial charge on any atom is 0.171 e. The second kappa shape index (κ2) is 9.76. The van der Waals surface area contributed by atoms with Gasteiger partial charge in [-0.25, -0.2) is 0 Å². The first-order chi connectivity index (χ1) is 18.5. The van der Waals surface area contributed by atoms with Crippen molar-refractivity contribution in [1.82, 2.24) is 0 Å². The molecule has 1 aliphatic heterocycles. The van der Waals surface area contributed by atoms with Crippen LogP contribution in [0.1, 0.15) is 86.0 Å². The number of aliphatic hydroxyl groups is 2. The quantitative estimate of drug-likeness (QED) is 0.401. The van der Waals surface area contributed by atoms with Crippen LogP contribution in [0.5, 0.6) is 0 Å². The van der Waals surface area contributed by atoms with Gasteiger partial charge in [-0.3, -0.25) is 0 Å². The fourth-order valence-electron chi connectivity index (χ4n) is 8.81. The lowest BCUT2D eigenvalue weighted by Crippen LogP contribution is -2.67. The Morgan fingerprint density at radius 3 is 2.46 bits per heavy atom. The average Bonchev–Trinajstić information content (AvgIpc) is 3.22. The highest BCUT2D eigenvalue weighted by molar-refractivity contribution is 8.01.